The van der Waals surface area contributed by atoms with E-state index in [1.165, 1.54) is 0 Å². The fourth-order valence-electron chi connectivity index (χ4n) is 3.85. The van der Waals surface area contributed by atoms with E-state index in [1.54, 1.807) is 41.4 Å². The lowest BCUT2D eigenvalue weighted by Crippen LogP contribution is -2.38. The van der Waals surface area contributed by atoms with Crippen LogP contribution in [0.2, 0.25) is 0 Å². The van der Waals surface area contributed by atoms with Gasteiger partial charge in [0.05, 0.1) is 30.1 Å². The van der Waals surface area contributed by atoms with Gasteiger partial charge in [0, 0.05) is 16.5 Å². The standard InChI is InChI=1S/C27H22N2O4S/c1-2-32-27(31)21-10-6-7-18(13-21)15-29-23-14-20(11-12-24(23)33-16-25(29)30)22-17-34-26(28-22)19-8-4-3-5-9-19/h3-14,17H,2,15-16H2,1H3. The third kappa shape index (κ3) is 4.43. The van der Waals surface area contributed by atoms with Crippen molar-refractivity contribution in [1.29, 1.82) is 0 Å². The van der Waals surface area contributed by atoms with Gasteiger partial charge in [-0.15, -0.1) is 11.3 Å². The highest BCUT2D eigenvalue weighted by atomic mass is 32.1. The number of rotatable bonds is 6. The van der Waals surface area contributed by atoms with Gasteiger partial charge in [-0.05, 0) is 42.8 Å². The maximum absolute atomic E-state index is 12.8. The minimum absolute atomic E-state index is 0.0290. The Morgan fingerprint density at radius 3 is 2.74 bits per heavy atom. The molecule has 4 aromatic rings. The molecule has 0 saturated heterocycles. The number of hydrogen-bond donors (Lipinski definition) is 0. The maximum Gasteiger partial charge on any atom is 0.338 e. The first-order chi connectivity index (χ1) is 16.6. The van der Waals surface area contributed by atoms with Gasteiger partial charge in [0.2, 0.25) is 0 Å². The van der Waals surface area contributed by atoms with E-state index < -0.39 is 0 Å². The summed E-state index contributed by atoms with van der Waals surface area (Å²) >= 11 is 1.58. The van der Waals surface area contributed by atoms with E-state index in [4.69, 9.17) is 14.5 Å². The molecular weight excluding hydrogens is 448 g/mol. The number of ether oxygens (including phenoxy) is 2. The molecule has 1 aromatic heterocycles. The smallest absolute Gasteiger partial charge is 0.338 e. The number of hydrogen-bond acceptors (Lipinski definition) is 6. The molecule has 0 aliphatic carbocycles. The number of carbonyl (C=O) groups is 2. The Balaban J connectivity index is 1.45. The topological polar surface area (TPSA) is 68.7 Å². The molecular formula is C27H22N2O4S. The molecule has 5 rings (SSSR count). The number of aromatic nitrogens is 1. The minimum atomic E-state index is -0.377. The number of nitrogens with zero attached hydrogens (tertiary/aromatic N) is 2. The second kappa shape index (κ2) is 9.49. The summed E-state index contributed by atoms with van der Waals surface area (Å²) in [7, 11) is 0. The number of carbonyl (C=O) groups excluding carboxylic acids is 2. The van der Waals surface area contributed by atoms with Crippen LogP contribution in [0.3, 0.4) is 0 Å². The molecule has 0 atom stereocenters. The van der Waals surface area contributed by atoms with Crippen LogP contribution in [0.5, 0.6) is 5.75 Å². The van der Waals surface area contributed by atoms with E-state index in [2.05, 4.69) is 0 Å². The van der Waals surface area contributed by atoms with Crippen LogP contribution in [0.15, 0.2) is 78.2 Å². The van der Waals surface area contributed by atoms with Crippen molar-refractivity contribution in [3.63, 3.8) is 0 Å². The second-order valence-electron chi connectivity index (χ2n) is 7.78. The third-order valence-electron chi connectivity index (χ3n) is 5.50. The van der Waals surface area contributed by atoms with Gasteiger partial charge >= 0.3 is 5.97 Å². The van der Waals surface area contributed by atoms with E-state index in [0.717, 1.165) is 27.4 Å². The lowest BCUT2D eigenvalue weighted by atomic mass is 10.1. The number of thiazole rings is 1. The predicted octanol–water partition coefficient (Wildman–Crippen LogP) is 5.58. The molecule has 2 heterocycles. The van der Waals surface area contributed by atoms with Crippen LogP contribution in [-0.4, -0.2) is 30.1 Å². The van der Waals surface area contributed by atoms with Crippen molar-refractivity contribution in [2.24, 2.45) is 0 Å². The molecule has 0 unspecified atom stereocenters. The summed E-state index contributed by atoms with van der Waals surface area (Å²) in [5.41, 5.74) is 4.79. The van der Waals surface area contributed by atoms with Gasteiger partial charge in [-0.25, -0.2) is 9.78 Å². The lowest BCUT2D eigenvalue weighted by molar-refractivity contribution is -0.121. The molecule has 0 saturated carbocycles. The van der Waals surface area contributed by atoms with Gasteiger partial charge in [0.25, 0.3) is 5.91 Å². The van der Waals surface area contributed by atoms with Crippen molar-refractivity contribution < 1.29 is 19.1 Å². The summed E-state index contributed by atoms with van der Waals surface area (Å²) in [5.74, 6) is 0.121. The molecule has 0 bridgehead atoms. The molecule has 0 N–H and O–H groups in total. The normalized spacial score (nSPS) is 12.7. The van der Waals surface area contributed by atoms with Crippen LogP contribution in [0, 0.1) is 0 Å². The van der Waals surface area contributed by atoms with Gasteiger partial charge in [0.15, 0.2) is 6.61 Å². The van der Waals surface area contributed by atoms with Crippen LogP contribution in [0.25, 0.3) is 21.8 Å². The fraction of sp³-hybridized carbons (Fsp3) is 0.148. The number of esters is 1. The predicted molar refractivity (Wildman–Crippen MR) is 132 cm³/mol. The minimum Gasteiger partial charge on any atom is -0.482 e. The Morgan fingerprint density at radius 2 is 1.91 bits per heavy atom. The zero-order chi connectivity index (χ0) is 23.5. The van der Waals surface area contributed by atoms with E-state index in [-0.39, 0.29) is 18.5 Å². The average molecular weight is 471 g/mol. The fourth-order valence-corrected chi connectivity index (χ4v) is 4.68. The van der Waals surface area contributed by atoms with Crippen LogP contribution in [0.4, 0.5) is 5.69 Å². The summed E-state index contributed by atoms with van der Waals surface area (Å²) in [6.07, 6.45) is 0. The summed E-state index contributed by atoms with van der Waals surface area (Å²) < 4.78 is 10.8. The Labute approximate surface area is 201 Å². The SMILES string of the molecule is CCOC(=O)c1cccc(CN2C(=O)COc3ccc(-c4csc(-c5ccccc5)n4)cc32)c1. The van der Waals surface area contributed by atoms with Crippen molar-refractivity contribution in [2.75, 3.05) is 18.1 Å². The average Bonchev–Trinajstić information content (AvgIpc) is 3.37. The highest BCUT2D eigenvalue weighted by molar-refractivity contribution is 7.13. The Hall–Kier alpha value is -3.97. The van der Waals surface area contributed by atoms with Gasteiger partial charge in [-0.3, -0.25) is 4.79 Å². The Morgan fingerprint density at radius 1 is 1.06 bits per heavy atom. The first-order valence-corrected chi connectivity index (χ1v) is 11.8. The summed E-state index contributed by atoms with van der Waals surface area (Å²) in [5, 5.41) is 2.95. The molecule has 0 fully saturated rings. The highest BCUT2D eigenvalue weighted by Gasteiger charge is 2.26. The van der Waals surface area contributed by atoms with Crippen molar-refractivity contribution in [3.05, 3.63) is 89.3 Å². The van der Waals surface area contributed by atoms with Crippen molar-refractivity contribution in [3.8, 4) is 27.6 Å². The quantitative estimate of drug-likeness (QED) is 0.344. The zero-order valence-corrected chi connectivity index (χ0v) is 19.4. The van der Waals surface area contributed by atoms with Crippen LogP contribution in [0.1, 0.15) is 22.8 Å². The molecule has 1 amide bonds. The maximum atomic E-state index is 12.8. The van der Waals surface area contributed by atoms with E-state index >= 15 is 0 Å². The van der Waals surface area contributed by atoms with Gasteiger partial charge in [0.1, 0.15) is 10.8 Å². The second-order valence-corrected chi connectivity index (χ2v) is 8.63. The van der Waals surface area contributed by atoms with E-state index in [1.807, 2.05) is 60.0 Å². The Kier molecular flexibility index (Phi) is 6.10. The molecule has 7 heteroatoms. The van der Waals surface area contributed by atoms with Gasteiger partial charge in [-0.1, -0.05) is 42.5 Å². The van der Waals surface area contributed by atoms with Crippen LogP contribution >= 0.6 is 11.3 Å². The van der Waals surface area contributed by atoms with Crippen molar-refractivity contribution in [2.45, 2.75) is 13.5 Å². The van der Waals surface area contributed by atoms with Gasteiger partial charge < -0.3 is 14.4 Å². The first kappa shape index (κ1) is 21.9. The molecule has 0 spiro atoms. The third-order valence-corrected chi connectivity index (χ3v) is 6.39. The zero-order valence-electron chi connectivity index (χ0n) is 18.6. The van der Waals surface area contributed by atoms with Crippen LogP contribution in [-0.2, 0) is 16.1 Å². The van der Waals surface area contributed by atoms with Gasteiger partial charge in [-0.2, -0.15) is 0 Å². The molecule has 34 heavy (non-hydrogen) atoms. The molecule has 6 nitrogen and oxygen atoms in total. The van der Waals surface area contributed by atoms with E-state index in [9.17, 15) is 9.59 Å². The Bertz CT molecular complexity index is 1350. The lowest BCUT2D eigenvalue weighted by Gasteiger charge is -2.30. The molecule has 3 aromatic carbocycles. The number of fused-ring (bicyclic) bond motifs is 1. The molecule has 0 radical (unpaired) electrons. The molecule has 1 aliphatic rings. The largest absolute Gasteiger partial charge is 0.482 e. The van der Waals surface area contributed by atoms with Crippen molar-refractivity contribution in [1.82, 2.24) is 4.98 Å². The monoisotopic (exact) mass is 470 g/mol. The van der Waals surface area contributed by atoms with E-state index in [0.29, 0.717) is 30.2 Å². The molecule has 170 valence electrons. The summed E-state index contributed by atoms with van der Waals surface area (Å²) in [4.78, 5) is 31.4. The summed E-state index contributed by atoms with van der Waals surface area (Å²) in [6, 6.07) is 23.0. The number of amides is 1. The number of benzene rings is 3. The van der Waals surface area contributed by atoms with Crippen molar-refractivity contribution >= 4 is 28.9 Å². The highest BCUT2D eigenvalue weighted by Crippen LogP contribution is 2.38. The first-order valence-electron chi connectivity index (χ1n) is 11.0. The number of anilines is 1. The molecule has 1 aliphatic heterocycles. The van der Waals surface area contributed by atoms with Crippen LogP contribution < -0.4 is 9.64 Å². The summed E-state index contributed by atoms with van der Waals surface area (Å²) in [6.45, 7) is 2.37.